The van der Waals surface area contributed by atoms with Crippen LogP contribution >= 0.6 is 0 Å². The molecule has 0 aromatic rings. The van der Waals surface area contributed by atoms with Crippen LogP contribution in [-0.4, -0.2) is 24.9 Å². The summed E-state index contributed by atoms with van der Waals surface area (Å²) in [5, 5.41) is 0. The Bertz CT molecular complexity index is 152. The Morgan fingerprint density at radius 2 is 1.69 bits per heavy atom. The fourth-order valence-corrected chi connectivity index (χ4v) is 1.40. The third-order valence-electron chi connectivity index (χ3n) is 2.28. The Labute approximate surface area is 82.3 Å². The van der Waals surface area contributed by atoms with Gasteiger partial charge in [0.05, 0.1) is 0 Å². The predicted octanol–water partition coefficient (Wildman–Crippen LogP) is 2.54. The van der Waals surface area contributed by atoms with E-state index in [-0.39, 0.29) is 11.8 Å². The molecule has 1 atom stereocenters. The Balaban J connectivity index is 3.62. The molecule has 0 saturated carbocycles. The van der Waals surface area contributed by atoms with Crippen molar-refractivity contribution in [3.8, 4) is 0 Å². The molecule has 0 unspecified atom stereocenters. The van der Waals surface area contributed by atoms with Crippen LogP contribution in [0.15, 0.2) is 0 Å². The van der Waals surface area contributed by atoms with Crippen LogP contribution in [0, 0.1) is 11.8 Å². The summed E-state index contributed by atoms with van der Waals surface area (Å²) in [7, 11) is 3.64. The number of hydrogen-bond donors (Lipinski definition) is 0. The summed E-state index contributed by atoms with van der Waals surface area (Å²) in [5.41, 5.74) is 0. The number of rotatable bonds is 5. The highest BCUT2D eigenvalue weighted by atomic mass is 16.2. The van der Waals surface area contributed by atoms with Crippen molar-refractivity contribution in [2.24, 2.45) is 11.8 Å². The average molecular weight is 185 g/mol. The quantitative estimate of drug-likeness (QED) is 0.644. The molecule has 0 aromatic heterocycles. The number of amides is 1. The maximum absolute atomic E-state index is 11.4. The number of hydrogen-bond acceptors (Lipinski definition) is 1. The average Bonchev–Trinajstić information content (AvgIpc) is 2.02. The molecular weight excluding hydrogens is 162 g/mol. The number of carbonyl (C=O) groups is 1. The molecule has 0 spiro atoms. The minimum absolute atomic E-state index is 0.189. The highest BCUT2D eigenvalue weighted by Crippen LogP contribution is 2.13. The molecule has 0 bridgehead atoms. The second-order valence-corrected chi connectivity index (χ2v) is 4.46. The lowest BCUT2D eigenvalue weighted by atomic mass is 9.99. The maximum atomic E-state index is 11.4. The molecule has 1 amide bonds. The lowest BCUT2D eigenvalue weighted by molar-refractivity contribution is -0.132. The van der Waals surface area contributed by atoms with Gasteiger partial charge in [0.2, 0.25) is 5.91 Å². The zero-order chi connectivity index (χ0) is 10.4. The van der Waals surface area contributed by atoms with E-state index in [1.165, 1.54) is 12.8 Å². The van der Waals surface area contributed by atoms with Gasteiger partial charge in [0.15, 0.2) is 0 Å². The highest BCUT2D eigenvalue weighted by molar-refractivity contribution is 5.77. The highest BCUT2D eigenvalue weighted by Gasteiger charge is 2.13. The molecule has 2 nitrogen and oxygen atoms in total. The molecule has 0 aliphatic carbocycles. The fraction of sp³-hybridized carbons (Fsp3) is 0.909. The topological polar surface area (TPSA) is 20.3 Å². The lowest BCUT2D eigenvalue weighted by Crippen LogP contribution is -2.27. The number of nitrogens with zero attached hydrogens (tertiary/aromatic N) is 1. The summed E-state index contributed by atoms with van der Waals surface area (Å²) in [5.74, 6) is 1.19. The molecule has 78 valence electrons. The number of carbonyl (C=O) groups excluding carboxylic acids is 1. The van der Waals surface area contributed by atoms with Gasteiger partial charge in [-0.1, -0.05) is 33.6 Å². The predicted molar refractivity (Wildman–Crippen MR) is 56.5 cm³/mol. The van der Waals surface area contributed by atoms with Gasteiger partial charge in [0.1, 0.15) is 0 Å². The van der Waals surface area contributed by atoms with Gasteiger partial charge in [-0.2, -0.15) is 0 Å². The largest absolute Gasteiger partial charge is 0.349 e. The third kappa shape index (κ3) is 5.67. The third-order valence-corrected chi connectivity index (χ3v) is 2.28. The zero-order valence-electron chi connectivity index (χ0n) is 9.63. The summed E-state index contributed by atoms with van der Waals surface area (Å²) in [6.07, 6.45) is 3.42. The van der Waals surface area contributed by atoms with Crippen molar-refractivity contribution >= 4 is 5.91 Å². The van der Waals surface area contributed by atoms with E-state index < -0.39 is 0 Å². The van der Waals surface area contributed by atoms with Crippen LogP contribution in [-0.2, 0) is 4.79 Å². The van der Waals surface area contributed by atoms with Crippen molar-refractivity contribution in [3.05, 3.63) is 0 Å². The van der Waals surface area contributed by atoms with Crippen LogP contribution in [0.4, 0.5) is 0 Å². The van der Waals surface area contributed by atoms with Crippen molar-refractivity contribution in [2.45, 2.75) is 40.0 Å². The van der Waals surface area contributed by atoms with Crippen LogP contribution in [0.1, 0.15) is 40.0 Å². The SMILES string of the molecule is CC(C)CCC[C@H](C)C(=O)N(C)C. The zero-order valence-corrected chi connectivity index (χ0v) is 9.63. The molecule has 0 heterocycles. The summed E-state index contributed by atoms with van der Waals surface area (Å²) in [6.45, 7) is 6.46. The van der Waals surface area contributed by atoms with E-state index in [1.807, 2.05) is 21.0 Å². The first-order valence-corrected chi connectivity index (χ1v) is 5.16. The summed E-state index contributed by atoms with van der Waals surface area (Å²) >= 11 is 0. The minimum Gasteiger partial charge on any atom is -0.349 e. The molecule has 13 heavy (non-hydrogen) atoms. The summed E-state index contributed by atoms with van der Waals surface area (Å²) < 4.78 is 0. The van der Waals surface area contributed by atoms with Gasteiger partial charge < -0.3 is 4.90 Å². The Morgan fingerprint density at radius 1 is 1.15 bits per heavy atom. The minimum atomic E-state index is 0.189. The summed E-state index contributed by atoms with van der Waals surface area (Å²) in [6, 6.07) is 0. The van der Waals surface area contributed by atoms with E-state index in [2.05, 4.69) is 13.8 Å². The van der Waals surface area contributed by atoms with Crippen LogP contribution in [0.3, 0.4) is 0 Å². The van der Waals surface area contributed by atoms with Crippen molar-refractivity contribution in [1.29, 1.82) is 0 Å². The van der Waals surface area contributed by atoms with E-state index in [0.717, 1.165) is 12.3 Å². The van der Waals surface area contributed by atoms with Gasteiger partial charge in [-0.25, -0.2) is 0 Å². The molecule has 0 rings (SSSR count). The molecule has 0 aromatic carbocycles. The molecule has 0 radical (unpaired) electrons. The Morgan fingerprint density at radius 3 is 2.08 bits per heavy atom. The van der Waals surface area contributed by atoms with Crippen LogP contribution in [0.25, 0.3) is 0 Å². The lowest BCUT2D eigenvalue weighted by Gasteiger charge is -2.16. The van der Waals surface area contributed by atoms with Crippen molar-refractivity contribution in [1.82, 2.24) is 4.90 Å². The van der Waals surface area contributed by atoms with Gasteiger partial charge in [0.25, 0.3) is 0 Å². The monoisotopic (exact) mass is 185 g/mol. The Hall–Kier alpha value is -0.530. The van der Waals surface area contributed by atoms with E-state index in [1.54, 1.807) is 4.90 Å². The van der Waals surface area contributed by atoms with E-state index in [4.69, 9.17) is 0 Å². The first-order chi connectivity index (χ1) is 5.95. The van der Waals surface area contributed by atoms with Gasteiger partial charge in [0, 0.05) is 20.0 Å². The molecule has 2 heteroatoms. The first-order valence-electron chi connectivity index (χ1n) is 5.16. The normalized spacial score (nSPS) is 13.1. The van der Waals surface area contributed by atoms with Crippen molar-refractivity contribution in [2.75, 3.05) is 14.1 Å². The van der Waals surface area contributed by atoms with E-state index in [0.29, 0.717) is 0 Å². The molecule has 0 saturated heterocycles. The van der Waals surface area contributed by atoms with Gasteiger partial charge in [-0.15, -0.1) is 0 Å². The van der Waals surface area contributed by atoms with Gasteiger partial charge in [-0.05, 0) is 12.3 Å². The Kier molecular flexibility index (Phi) is 5.76. The van der Waals surface area contributed by atoms with Crippen LogP contribution < -0.4 is 0 Å². The molecular formula is C11H23NO. The van der Waals surface area contributed by atoms with E-state index >= 15 is 0 Å². The smallest absolute Gasteiger partial charge is 0.224 e. The first kappa shape index (κ1) is 12.5. The van der Waals surface area contributed by atoms with Gasteiger partial charge >= 0.3 is 0 Å². The second-order valence-electron chi connectivity index (χ2n) is 4.46. The standard InChI is InChI=1S/C11H23NO/c1-9(2)7-6-8-10(3)11(13)12(4)5/h9-10H,6-8H2,1-5H3/t10-/m0/s1. The maximum Gasteiger partial charge on any atom is 0.224 e. The second kappa shape index (κ2) is 6.01. The molecule has 0 N–H and O–H groups in total. The fourth-order valence-electron chi connectivity index (χ4n) is 1.40. The summed E-state index contributed by atoms with van der Waals surface area (Å²) in [4.78, 5) is 13.1. The van der Waals surface area contributed by atoms with Crippen molar-refractivity contribution < 1.29 is 4.79 Å². The molecule has 0 aliphatic heterocycles. The van der Waals surface area contributed by atoms with Gasteiger partial charge in [-0.3, -0.25) is 4.79 Å². The van der Waals surface area contributed by atoms with Crippen LogP contribution in [0.5, 0.6) is 0 Å². The molecule has 0 aliphatic rings. The van der Waals surface area contributed by atoms with E-state index in [9.17, 15) is 4.79 Å². The van der Waals surface area contributed by atoms with Crippen LogP contribution in [0.2, 0.25) is 0 Å². The molecule has 0 fully saturated rings. The van der Waals surface area contributed by atoms with Crippen molar-refractivity contribution in [3.63, 3.8) is 0 Å².